The number of hydrogen-bond donors (Lipinski definition) is 0. The van der Waals surface area contributed by atoms with Gasteiger partial charge in [0.15, 0.2) is 5.82 Å². The predicted octanol–water partition coefficient (Wildman–Crippen LogP) is 2.33. The van der Waals surface area contributed by atoms with Crippen molar-refractivity contribution in [1.82, 2.24) is 19.3 Å². The molecule has 0 radical (unpaired) electrons. The fraction of sp³-hybridized carbons (Fsp3) is 0.550. The third-order valence-electron chi connectivity index (χ3n) is 5.16. The molecule has 30 heavy (non-hydrogen) atoms. The molecule has 1 atom stereocenters. The number of sulfonamides is 1. The molecule has 1 saturated heterocycles. The Balaban J connectivity index is 1.62. The van der Waals surface area contributed by atoms with Crippen molar-refractivity contribution in [3.05, 3.63) is 47.4 Å². The number of rotatable bonds is 8. The lowest BCUT2D eigenvalue weighted by Gasteiger charge is -2.27. The Labute approximate surface area is 176 Å². The lowest BCUT2D eigenvalue weighted by Crippen LogP contribution is -2.43. The molecule has 3 rings (SSSR count). The minimum atomic E-state index is -3.61. The van der Waals surface area contributed by atoms with E-state index in [-0.39, 0.29) is 30.2 Å². The zero-order valence-electron chi connectivity index (χ0n) is 17.4. The summed E-state index contributed by atoms with van der Waals surface area (Å²) in [5.74, 6) is 0.345. The first-order valence-electron chi connectivity index (χ1n) is 9.97. The van der Waals surface area contributed by atoms with E-state index in [0.717, 1.165) is 0 Å². The number of carbonyl (C=O) groups excluding carboxylic acids is 1. The normalized spacial score (nSPS) is 17.6. The molecule has 0 spiro atoms. The zero-order valence-corrected chi connectivity index (χ0v) is 18.2. The van der Waals surface area contributed by atoms with Gasteiger partial charge in [-0.25, -0.2) is 12.8 Å². The standard InChI is InChI=1S/C20H27FN4O4S/c1-14(2)20-22-19(23-29-20)8-10-25(15(3)26)18-7-9-24(12-18)30(27,28)13-16-5-4-6-17(21)11-16/h4-6,11,14,18H,7-10,12-13H2,1-3H3. The van der Waals surface area contributed by atoms with Gasteiger partial charge >= 0.3 is 0 Å². The second-order valence-electron chi connectivity index (χ2n) is 7.85. The van der Waals surface area contributed by atoms with Gasteiger partial charge in [0.25, 0.3) is 0 Å². The van der Waals surface area contributed by atoms with Crippen LogP contribution < -0.4 is 0 Å². The molecular weight excluding hydrogens is 411 g/mol. The molecule has 1 fully saturated rings. The van der Waals surface area contributed by atoms with Crippen molar-refractivity contribution in [3.8, 4) is 0 Å². The van der Waals surface area contributed by atoms with Gasteiger partial charge in [-0.3, -0.25) is 4.79 Å². The van der Waals surface area contributed by atoms with E-state index in [4.69, 9.17) is 4.52 Å². The Hall–Kier alpha value is -2.33. The molecule has 1 aromatic heterocycles. The van der Waals surface area contributed by atoms with Crippen LogP contribution in [0.2, 0.25) is 0 Å². The molecule has 0 bridgehead atoms. The first kappa shape index (κ1) is 22.4. The molecule has 10 heteroatoms. The first-order chi connectivity index (χ1) is 14.2. The van der Waals surface area contributed by atoms with Gasteiger partial charge in [-0.2, -0.15) is 9.29 Å². The van der Waals surface area contributed by atoms with Gasteiger partial charge in [0.05, 0.1) is 5.75 Å². The Morgan fingerprint density at radius 1 is 1.40 bits per heavy atom. The second-order valence-corrected chi connectivity index (χ2v) is 9.82. The van der Waals surface area contributed by atoms with Crippen LogP contribution in [0.1, 0.15) is 50.4 Å². The van der Waals surface area contributed by atoms with Crippen molar-refractivity contribution in [1.29, 1.82) is 0 Å². The molecule has 8 nitrogen and oxygen atoms in total. The fourth-order valence-corrected chi connectivity index (χ4v) is 5.13. The van der Waals surface area contributed by atoms with Crippen LogP contribution in [0.15, 0.2) is 28.8 Å². The highest BCUT2D eigenvalue weighted by Gasteiger charge is 2.35. The summed E-state index contributed by atoms with van der Waals surface area (Å²) in [4.78, 5) is 18.2. The van der Waals surface area contributed by atoms with Gasteiger partial charge in [-0.1, -0.05) is 31.1 Å². The Morgan fingerprint density at radius 3 is 2.80 bits per heavy atom. The molecule has 2 heterocycles. The quantitative estimate of drug-likeness (QED) is 0.628. The summed E-state index contributed by atoms with van der Waals surface area (Å²) in [5.41, 5.74) is 0.403. The van der Waals surface area contributed by atoms with Crippen LogP contribution >= 0.6 is 0 Å². The fourth-order valence-electron chi connectivity index (χ4n) is 3.57. The van der Waals surface area contributed by atoms with Gasteiger partial charge in [-0.05, 0) is 24.1 Å². The summed E-state index contributed by atoms with van der Waals surface area (Å²) >= 11 is 0. The van der Waals surface area contributed by atoms with E-state index < -0.39 is 15.8 Å². The monoisotopic (exact) mass is 438 g/mol. The molecule has 2 aromatic rings. The Morgan fingerprint density at radius 2 is 2.17 bits per heavy atom. The average molecular weight is 439 g/mol. The van der Waals surface area contributed by atoms with Gasteiger partial charge < -0.3 is 9.42 Å². The number of aromatic nitrogens is 2. The van der Waals surface area contributed by atoms with Crippen molar-refractivity contribution in [2.45, 2.75) is 51.3 Å². The minimum Gasteiger partial charge on any atom is -0.339 e. The summed E-state index contributed by atoms with van der Waals surface area (Å²) in [7, 11) is -3.61. The number of nitrogens with zero attached hydrogens (tertiary/aromatic N) is 4. The molecule has 164 valence electrons. The van der Waals surface area contributed by atoms with Crippen LogP contribution in [0.25, 0.3) is 0 Å². The van der Waals surface area contributed by atoms with Crippen LogP contribution in [-0.2, 0) is 27.0 Å². The molecule has 1 amide bonds. The second kappa shape index (κ2) is 9.22. The first-order valence-corrected chi connectivity index (χ1v) is 11.6. The molecule has 1 aromatic carbocycles. The van der Waals surface area contributed by atoms with Gasteiger partial charge in [-0.15, -0.1) is 0 Å². The third kappa shape index (κ3) is 5.42. The summed E-state index contributed by atoms with van der Waals surface area (Å²) in [5, 5.41) is 3.94. The smallest absolute Gasteiger partial charge is 0.229 e. The molecule has 0 saturated carbocycles. The molecule has 1 aliphatic heterocycles. The zero-order chi connectivity index (χ0) is 21.9. The number of carbonyl (C=O) groups is 1. The summed E-state index contributed by atoms with van der Waals surface area (Å²) in [6.45, 7) is 6.31. The lowest BCUT2D eigenvalue weighted by atomic mass is 10.2. The lowest BCUT2D eigenvalue weighted by molar-refractivity contribution is -0.130. The van der Waals surface area contributed by atoms with Crippen LogP contribution in [0, 0.1) is 5.82 Å². The maximum Gasteiger partial charge on any atom is 0.229 e. The van der Waals surface area contributed by atoms with E-state index in [1.807, 2.05) is 13.8 Å². The van der Waals surface area contributed by atoms with E-state index in [2.05, 4.69) is 10.1 Å². The van der Waals surface area contributed by atoms with Gasteiger partial charge in [0.2, 0.25) is 21.8 Å². The van der Waals surface area contributed by atoms with E-state index in [1.54, 1.807) is 11.0 Å². The highest BCUT2D eigenvalue weighted by Crippen LogP contribution is 2.22. The Kier molecular flexibility index (Phi) is 6.87. The van der Waals surface area contributed by atoms with Gasteiger partial charge in [0, 0.05) is 44.9 Å². The highest BCUT2D eigenvalue weighted by molar-refractivity contribution is 7.88. The van der Waals surface area contributed by atoms with Crippen LogP contribution in [0.4, 0.5) is 4.39 Å². The van der Waals surface area contributed by atoms with E-state index >= 15 is 0 Å². The highest BCUT2D eigenvalue weighted by atomic mass is 32.2. The van der Waals surface area contributed by atoms with Crippen molar-refractivity contribution < 1.29 is 22.1 Å². The molecule has 0 N–H and O–H groups in total. The average Bonchev–Trinajstić information content (AvgIpc) is 3.31. The number of hydrogen-bond acceptors (Lipinski definition) is 6. The largest absolute Gasteiger partial charge is 0.339 e. The van der Waals surface area contributed by atoms with Crippen LogP contribution in [0.5, 0.6) is 0 Å². The number of halogens is 1. The maximum absolute atomic E-state index is 13.4. The topological polar surface area (TPSA) is 96.6 Å². The molecule has 1 unspecified atom stereocenters. The summed E-state index contributed by atoms with van der Waals surface area (Å²) in [6, 6.07) is 5.37. The minimum absolute atomic E-state index is 0.127. The summed E-state index contributed by atoms with van der Waals surface area (Å²) in [6.07, 6.45) is 0.980. The van der Waals surface area contributed by atoms with Crippen molar-refractivity contribution in [2.75, 3.05) is 19.6 Å². The third-order valence-corrected chi connectivity index (χ3v) is 6.97. The SMILES string of the molecule is CC(=O)N(CCc1noc(C(C)C)n1)C1CCN(S(=O)(=O)Cc2cccc(F)c2)C1. The molecular formula is C20H27FN4O4S. The van der Waals surface area contributed by atoms with Crippen LogP contribution in [0.3, 0.4) is 0 Å². The van der Waals surface area contributed by atoms with E-state index in [9.17, 15) is 17.6 Å². The maximum atomic E-state index is 13.4. The Bertz CT molecular complexity index is 992. The van der Waals surface area contributed by atoms with Crippen molar-refractivity contribution in [3.63, 3.8) is 0 Å². The van der Waals surface area contributed by atoms with Crippen molar-refractivity contribution >= 4 is 15.9 Å². The summed E-state index contributed by atoms with van der Waals surface area (Å²) < 4.78 is 45.5. The van der Waals surface area contributed by atoms with E-state index in [0.29, 0.717) is 43.2 Å². The molecule has 1 aliphatic rings. The van der Waals surface area contributed by atoms with Gasteiger partial charge in [0.1, 0.15) is 5.82 Å². The van der Waals surface area contributed by atoms with Crippen molar-refractivity contribution in [2.24, 2.45) is 0 Å². The predicted molar refractivity (Wildman–Crippen MR) is 108 cm³/mol. The molecule has 0 aliphatic carbocycles. The number of benzene rings is 1. The van der Waals surface area contributed by atoms with Crippen LogP contribution in [-0.4, -0.2) is 59.3 Å². The number of amides is 1. The van der Waals surface area contributed by atoms with E-state index in [1.165, 1.54) is 29.4 Å².